The van der Waals surface area contributed by atoms with Crippen LogP contribution in [0, 0.1) is 0 Å². The van der Waals surface area contributed by atoms with Gasteiger partial charge in [-0.25, -0.2) is 14.8 Å². The average Bonchev–Trinajstić information content (AvgIpc) is 3.20. The van der Waals surface area contributed by atoms with E-state index in [2.05, 4.69) is 27.9 Å². The summed E-state index contributed by atoms with van der Waals surface area (Å²) in [6.45, 7) is 3.51. The summed E-state index contributed by atoms with van der Waals surface area (Å²) < 4.78 is 5.70. The average molecular weight is 423 g/mol. The number of esters is 1. The zero-order valence-corrected chi connectivity index (χ0v) is 17.3. The number of anilines is 1. The molecule has 7 heteroatoms. The molecule has 3 aliphatic carbocycles. The quantitative estimate of drug-likeness (QED) is 0.432. The van der Waals surface area contributed by atoms with Gasteiger partial charge in [0.2, 0.25) is 5.95 Å². The number of nitrogens with zero attached hydrogens (tertiary/aromatic N) is 2. The Morgan fingerprint density at radius 3 is 2.67 bits per heavy atom. The number of para-hydroxylation sites is 1. The largest absolute Gasteiger partial charge is 0.456 e. The van der Waals surface area contributed by atoms with Gasteiger partial charge in [0.25, 0.3) is 0 Å². The minimum Gasteiger partial charge on any atom is -0.456 e. The van der Waals surface area contributed by atoms with Crippen molar-refractivity contribution in [1.82, 2.24) is 15.0 Å². The monoisotopic (exact) mass is 422 g/mol. The van der Waals surface area contributed by atoms with Crippen molar-refractivity contribution in [1.29, 1.82) is 0 Å². The number of halogens is 1. The van der Waals surface area contributed by atoms with Crippen molar-refractivity contribution in [3.63, 3.8) is 0 Å². The smallest absolute Gasteiger partial charge is 0.330 e. The normalized spacial score (nSPS) is 25.2. The first-order valence-electron chi connectivity index (χ1n) is 10.2. The van der Waals surface area contributed by atoms with Crippen molar-refractivity contribution in [3.05, 3.63) is 54.3 Å². The Hall–Kier alpha value is -2.86. The van der Waals surface area contributed by atoms with Gasteiger partial charge in [0.15, 0.2) is 0 Å². The molecule has 3 aliphatic rings. The first-order valence-corrected chi connectivity index (χ1v) is 10.6. The van der Waals surface area contributed by atoms with Crippen LogP contribution in [0.1, 0.15) is 38.5 Å². The molecule has 3 fully saturated rings. The molecule has 0 aliphatic heterocycles. The number of hydrogen-bond donors (Lipinski definition) is 2. The first-order chi connectivity index (χ1) is 14.5. The molecule has 0 saturated heterocycles. The second-order valence-corrected chi connectivity index (χ2v) is 8.76. The summed E-state index contributed by atoms with van der Waals surface area (Å²) in [5, 5.41) is 5.19. The van der Waals surface area contributed by atoms with Gasteiger partial charge >= 0.3 is 5.97 Å². The van der Waals surface area contributed by atoms with Gasteiger partial charge in [-0.3, -0.25) is 0 Å². The molecule has 1 aromatic carbocycles. The maximum absolute atomic E-state index is 11.7. The van der Waals surface area contributed by atoms with Crippen LogP contribution in [0.2, 0.25) is 5.02 Å². The molecule has 2 N–H and O–H groups in total. The lowest BCUT2D eigenvalue weighted by Crippen LogP contribution is -2.55. The number of fused-ring (bicyclic) bond motifs is 4. The second-order valence-electron chi connectivity index (χ2n) is 8.35. The number of aromatic nitrogens is 3. The molecule has 2 heterocycles. The van der Waals surface area contributed by atoms with Crippen LogP contribution in [-0.4, -0.2) is 32.1 Å². The van der Waals surface area contributed by atoms with Gasteiger partial charge in [0, 0.05) is 34.3 Å². The number of carbonyl (C=O) groups excluding carboxylic acids is 1. The van der Waals surface area contributed by atoms with Crippen LogP contribution >= 0.6 is 11.6 Å². The van der Waals surface area contributed by atoms with Crippen molar-refractivity contribution in [2.45, 2.75) is 49.7 Å². The highest BCUT2D eigenvalue weighted by molar-refractivity contribution is 6.33. The molecule has 6 nitrogen and oxygen atoms in total. The summed E-state index contributed by atoms with van der Waals surface area (Å²) in [6, 6.07) is 8.08. The Bertz CT molecular complexity index is 1110. The van der Waals surface area contributed by atoms with E-state index in [1.54, 1.807) is 6.20 Å². The fourth-order valence-electron chi connectivity index (χ4n) is 4.87. The van der Waals surface area contributed by atoms with Gasteiger partial charge in [-0.05, 0) is 44.6 Å². The highest BCUT2D eigenvalue weighted by atomic mass is 35.5. The minimum atomic E-state index is -0.343. The molecule has 6 rings (SSSR count). The highest BCUT2D eigenvalue weighted by Crippen LogP contribution is 2.50. The molecule has 30 heavy (non-hydrogen) atoms. The number of hydrogen-bond acceptors (Lipinski definition) is 5. The molecule has 0 radical (unpaired) electrons. The van der Waals surface area contributed by atoms with Crippen molar-refractivity contribution < 1.29 is 9.53 Å². The molecular weight excluding hydrogens is 400 g/mol. The molecule has 0 spiro atoms. The Balaban J connectivity index is 1.39. The van der Waals surface area contributed by atoms with Crippen LogP contribution in [0.5, 0.6) is 0 Å². The van der Waals surface area contributed by atoms with Crippen LogP contribution in [0.15, 0.2) is 49.3 Å². The van der Waals surface area contributed by atoms with Gasteiger partial charge in [-0.15, -0.1) is 0 Å². The molecule has 0 unspecified atom stereocenters. The lowest BCUT2D eigenvalue weighted by Gasteiger charge is -2.52. The van der Waals surface area contributed by atoms with E-state index in [9.17, 15) is 4.79 Å². The van der Waals surface area contributed by atoms with Gasteiger partial charge in [-0.1, -0.05) is 36.4 Å². The molecular formula is C23H23ClN4O2. The van der Waals surface area contributed by atoms with E-state index in [1.165, 1.54) is 6.08 Å². The van der Waals surface area contributed by atoms with Crippen LogP contribution in [0.25, 0.3) is 22.2 Å². The SMILES string of the molecule is C=CC(=O)OC12CCC(Nc3ncc(Cl)c(-c4c[nH]c5ccccc45)n3)(CC1)CC2. The summed E-state index contributed by atoms with van der Waals surface area (Å²) in [7, 11) is 0. The fraction of sp³-hybridized carbons (Fsp3) is 0.348. The zero-order chi connectivity index (χ0) is 20.8. The second kappa shape index (κ2) is 7.13. The molecule has 0 amide bonds. The summed E-state index contributed by atoms with van der Waals surface area (Å²) in [6.07, 6.45) is 10.1. The van der Waals surface area contributed by atoms with Gasteiger partial charge in [0.05, 0.1) is 16.9 Å². The van der Waals surface area contributed by atoms with Crippen LogP contribution in [-0.2, 0) is 9.53 Å². The molecule has 0 atom stereocenters. The highest BCUT2D eigenvalue weighted by Gasteiger charge is 2.51. The van der Waals surface area contributed by atoms with Crippen LogP contribution in [0.4, 0.5) is 5.95 Å². The third kappa shape index (κ3) is 3.25. The zero-order valence-electron chi connectivity index (χ0n) is 16.6. The molecule has 2 bridgehead atoms. The summed E-state index contributed by atoms with van der Waals surface area (Å²) in [5.41, 5.74) is 2.30. The molecule has 3 aromatic rings. The first kappa shape index (κ1) is 19.1. The Morgan fingerprint density at radius 2 is 1.93 bits per heavy atom. The lowest BCUT2D eigenvalue weighted by atomic mass is 9.63. The number of H-pyrrole nitrogens is 1. The molecule has 3 saturated carbocycles. The van der Waals surface area contributed by atoms with E-state index in [1.807, 2.05) is 24.4 Å². The number of aromatic amines is 1. The fourth-order valence-corrected chi connectivity index (χ4v) is 5.06. The Kier molecular flexibility index (Phi) is 4.54. The predicted octanol–water partition coefficient (Wildman–Crippen LogP) is 5.26. The van der Waals surface area contributed by atoms with E-state index in [0.29, 0.717) is 16.7 Å². The Morgan fingerprint density at radius 1 is 1.20 bits per heavy atom. The third-order valence-corrected chi connectivity index (χ3v) is 6.90. The van der Waals surface area contributed by atoms with E-state index >= 15 is 0 Å². The topological polar surface area (TPSA) is 79.9 Å². The van der Waals surface area contributed by atoms with E-state index < -0.39 is 0 Å². The predicted molar refractivity (Wildman–Crippen MR) is 117 cm³/mol. The van der Waals surface area contributed by atoms with Crippen molar-refractivity contribution >= 4 is 34.4 Å². The van der Waals surface area contributed by atoms with E-state index in [0.717, 1.165) is 55.0 Å². The number of ether oxygens (including phenoxy) is 1. The number of benzene rings is 1. The standard InChI is InChI=1S/C23H23ClN4O2/c1-2-19(29)30-23-10-7-22(8-11-23,9-12-23)28-21-26-14-17(24)20(27-21)16-13-25-18-6-4-3-5-15(16)18/h2-6,13-14,25H,1,7-12H2,(H,26,27,28). The van der Waals surface area contributed by atoms with Gasteiger partial charge in [-0.2, -0.15) is 0 Å². The number of rotatable bonds is 5. The maximum Gasteiger partial charge on any atom is 0.330 e. The molecule has 2 aromatic heterocycles. The van der Waals surface area contributed by atoms with Gasteiger partial charge in [0.1, 0.15) is 5.60 Å². The summed E-state index contributed by atoms with van der Waals surface area (Å²) >= 11 is 6.46. The van der Waals surface area contributed by atoms with E-state index in [-0.39, 0.29) is 17.1 Å². The van der Waals surface area contributed by atoms with Gasteiger partial charge < -0.3 is 15.0 Å². The van der Waals surface area contributed by atoms with Crippen LogP contribution < -0.4 is 5.32 Å². The van der Waals surface area contributed by atoms with Crippen molar-refractivity contribution in [2.75, 3.05) is 5.32 Å². The van der Waals surface area contributed by atoms with Crippen molar-refractivity contribution in [3.8, 4) is 11.3 Å². The molecule has 154 valence electrons. The lowest BCUT2D eigenvalue weighted by molar-refractivity contribution is -0.165. The van der Waals surface area contributed by atoms with E-state index in [4.69, 9.17) is 21.3 Å². The van der Waals surface area contributed by atoms with Crippen LogP contribution in [0.3, 0.4) is 0 Å². The minimum absolute atomic E-state index is 0.0757. The third-order valence-electron chi connectivity index (χ3n) is 6.63. The van der Waals surface area contributed by atoms with Crippen molar-refractivity contribution in [2.24, 2.45) is 0 Å². The summed E-state index contributed by atoms with van der Waals surface area (Å²) in [4.78, 5) is 24.2. The summed E-state index contributed by atoms with van der Waals surface area (Å²) in [5.74, 6) is 0.249. The number of carbonyl (C=O) groups is 1. The Labute approximate surface area is 179 Å². The maximum atomic E-state index is 11.7. The number of nitrogens with one attached hydrogen (secondary N) is 2.